The lowest BCUT2D eigenvalue weighted by atomic mass is 10.1. The van der Waals surface area contributed by atoms with Gasteiger partial charge in [0.15, 0.2) is 0 Å². The molecule has 0 amide bonds. The Kier molecular flexibility index (Phi) is 3.21. The number of hydrogen-bond donors (Lipinski definition) is 0. The molecule has 5 heteroatoms. The van der Waals surface area contributed by atoms with Gasteiger partial charge in [0.25, 0.3) is 0 Å². The Morgan fingerprint density at radius 3 is 2.21 bits per heavy atom. The van der Waals surface area contributed by atoms with Gasteiger partial charge in [0.1, 0.15) is 5.75 Å². The maximum atomic E-state index is 11.3. The first kappa shape index (κ1) is 11.5. The molecule has 0 saturated carbocycles. The largest absolute Gasteiger partial charge is 0.496 e. The molecule has 1 aromatic carbocycles. The monoisotopic (exact) mass is 278 g/mol. The van der Waals surface area contributed by atoms with Gasteiger partial charge in [0.05, 0.1) is 26.8 Å². The molecule has 3 nitrogen and oxygen atoms in total. The first-order valence-corrected chi connectivity index (χ1v) is 7.28. The lowest BCUT2D eigenvalue weighted by Gasteiger charge is -2.08. The molecule has 0 aliphatic carbocycles. The van der Waals surface area contributed by atoms with E-state index < -0.39 is 8.27 Å². The average molecular weight is 279 g/mol. The van der Waals surface area contributed by atoms with Crippen molar-refractivity contribution in [3.8, 4) is 5.75 Å². The van der Waals surface area contributed by atoms with Gasteiger partial charge in [-0.15, -0.1) is 0 Å². The van der Waals surface area contributed by atoms with Gasteiger partial charge in [-0.3, -0.25) is 0 Å². The molecule has 14 heavy (non-hydrogen) atoms. The fourth-order valence-corrected chi connectivity index (χ4v) is 3.05. The molecule has 0 spiro atoms. The van der Waals surface area contributed by atoms with E-state index in [0.717, 1.165) is 5.56 Å². The summed E-state index contributed by atoms with van der Waals surface area (Å²) >= 11 is 2.65. The Labute approximate surface area is 91.2 Å². The van der Waals surface area contributed by atoms with Crippen LogP contribution in [0, 0.1) is 13.8 Å². The van der Waals surface area contributed by atoms with E-state index in [-0.39, 0.29) is 4.90 Å². The molecule has 0 unspecified atom stereocenters. The molecule has 1 rings (SSSR count). The number of aryl methyl sites for hydroxylation is 2. The molecule has 0 bridgehead atoms. The van der Waals surface area contributed by atoms with E-state index in [1.54, 1.807) is 33.1 Å². The van der Waals surface area contributed by atoms with E-state index in [9.17, 15) is 8.42 Å². The van der Waals surface area contributed by atoms with Crippen molar-refractivity contribution in [3.63, 3.8) is 0 Å². The maximum Gasteiger partial charge on any atom is 0.237 e. The number of ether oxygens (including phenoxy) is 1. The van der Waals surface area contributed by atoms with Gasteiger partial charge in [-0.25, -0.2) is 8.42 Å². The van der Waals surface area contributed by atoms with Crippen molar-refractivity contribution >= 4 is 23.1 Å². The highest BCUT2D eigenvalue weighted by Crippen LogP contribution is 2.28. The van der Waals surface area contributed by atoms with E-state index in [0.29, 0.717) is 11.3 Å². The first-order chi connectivity index (χ1) is 6.36. The number of methoxy groups -OCH3 is 1. The summed E-state index contributed by atoms with van der Waals surface area (Å²) in [6, 6.07) is 3.31. The fraction of sp³-hybridized carbons (Fsp3) is 0.333. The maximum absolute atomic E-state index is 11.3. The van der Waals surface area contributed by atoms with Crippen LogP contribution in [0.1, 0.15) is 11.1 Å². The minimum absolute atomic E-state index is 0.288. The van der Waals surface area contributed by atoms with Crippen LogP contribution in [0.3, 0.4) is 0 Å². The molecule has 0 aliphatic rings. The SMILES string of the molecule is COc1cc(C)c(S(=O)(=O)Br)cc1C. The van der Waals surface area contributed by atoms with Crippen LogP contribution in [0.2, 0.25) is 0 Å². The van der Waals surface area contributed by atoms with Crippen LogP contribution < -0.4 is 4.74 Å². The zero-order valence-corrected chi connectivity index (χ0v) is 10.6. The van der Waals surface area contributed by atoms with Crippen LogP contribution in [0.4, 0.5) is 0 Å². The summed E-state index contributed by atoms with van der Waals surface area (Å²) in [4.78, 5) is 0.288. The quantitative estimate of drug-likeness (QED) is 0.781. The van der Waals surface area contributed by atoms with Crippen molar-refractivity contribution in [2.24, 2.45) is 0 Å². The number of benzene rings is 1. The van der Waals surface area contributed by atoms with Crippen LogP contribution >= 0.6 is 14.8 Å². The zero-order valence-electron chi connectivity index (χ0n) is 8.17. The van der Waals surface area contributed by atoms with Crippen LogP contribution in [-0.2, 0) is 8.27 Å². The summed E-state index contributed by atoms with van der Waals surface area (Å²) in [6.45, 7) is 3.54. The van der Waals surface area contributed by atoms with Crippen LogP contribution in [0.25, 0.3) is 0 Å². The van der Waals surface area contributed by atoms with Crippen molar-refractivity contribution in [1.29, 1.82) is 0 Å². The standard InChI is InChI=1S/C9H11BrO3S/c1-6-5-9(14(10,11)12)7(2)4-8(6)13-3/h4-5H,1-3H3. The van der Waals surface area contributed by atoms with E-state index in [4.69, 9.17) is 4.74 Å². The van der Waals surface area contributed by atoms with Crippen molar-refractivity contribution in [2.75, 3.05) is 7.11 Å². The van der Waals surface area contributed by atoms with Gasteiger partial charge in [-0.1, -0.05) is 0 Å². The lowest BCUT2D eigenvalue weighted by molar-refractivity contribution is 0.411. The van der Waals surface area contributed by atoms with E-state index in [2.05, 4.69) is 14.8 Å². The Hall–Kier alpha value is -0.550. The van der Waals surface area contributed by atoms with Crippen LogP contribution in [0.5, 0.6) is 5.75 Å². The van der Waals surface area contributed by atoms with Gasteiger partial charge >= 0.3 is 0 Å². The molecule has 78 valence electrons. The van der Waals surface area contributed by atoms with Gasteiger partial charge in [0.2, 0.25) is 8.27 Å². The lowest BCUT2D eigenvalue weighted by Crippen LogP contribution is -1.97. The van der Waals surface area contributed by atoms with Crippen molar-refractivity contribution in [2.45, 2.75) is 18.7 Å². The van der Waals surface area contributed by atoms with Gasteiger partial charge in [-0.05, 0) is 37.1 Å². The first-order valence-electron chi connectivity index (χ1n) is 3.96. The average Bonchev–Trinajstić information content (AvgIpc) is 2.06. The van der Waals surface area contributed by atoms with E-state index in [1.807, 2.05) is 0 Å². The number of halogens is 1. The molecular weight excluding hydrogens is 268 g/mol. The Bertz CT molecular complexity index is 451. The van der Waals surface area contributed by atoms with Crippen molar-refractivity contribution < 1.29 is 13.2 Å². The van der Waals surface area contributed by atoms with Gasteiger partial charge in [0, 0.05) is 0 Å². The molecule has 0 aliphatic heterocycles. The predicted molar refractivity (Wildman–Crippen MR) is 58.6 cm³/mol. The van der Waals surface area contributed by atoms with Crippen LogP contribution in [-0.4, -0.2) is 15.5 Å². The highest BCUT2D eigenvalue weighted by molar-refractivity contribution is 9.47. The Morgan fingerprint density at radius 2 is 1.79 bits per heavy atom. The normalized spacial score (nSPS) is 11.4. The topological polar surface area (TPSA) is 43.4 Å². The predicted octanol–water partition coefficient (Wildman–Crippen LogP) is 2.40. The van der Waals surface area contributed by atoms with Crippen molar-refractivity contribution in [1.82, 2.24) is 0 Å². The second kappa shape index (κ2) is 3.90. The Morgan fingerprint density at radius 1 is 1.21 bits per heavy atom. The summed E-state index contributed by atoms with van der Waals surface area (Å²) in [5, 5.41) is 0. The van der Waals surface area contributed by atoms with Crippen molar-refractivity contribution in [3.05, 3.63) is 23.3 Å². The van der Waals surface area contributed by atoms with E-state index >= 15 is 0 Å². The summed E-state index contributed by atoms with van der Waals surface area (Å²) in [5.41, 5.74) is 1.47. The molecular formula is C9H11BrO3S. The molecule has 0 saturated heterocycles. The molecule has 0 radical (unpaired) electrons. The number of hydrogen-bond acceptors (Lipinski definition) is 3. The third-order valence-electron chi connectivity index (χ3n) is 1.96. The molecule has 0 fully saturated rings. The minimum atomic E-state index is -3.32. The Balaban J connectivity index is 3.44. The molecule has 0 N–H and O–H groups in total. The molecule has 0 atom stereocenters. The fourth-order valence-electron chi connectivity index (χ4n) is 1.25. The highest BCUT2D eigenvalue weighted by Gasteiger charge is 2.14. The minimum Gasteiger partial charge on any atom is -0.496 e. The second-order valence-corrected chi connectivity index (χ2v) is 6.90. The molecule has 0 heterocycles. The van der Waals surface area contributed by atoms with Gasteiger partial charge < -0.3 is 4.74 Å². The summed E-state index contributed by atoms with van der Waals surface area (Å²) in [5.74, 6) is 0.697. The summed E-state index contributed by atoms with van der Waals surface area (Å²) < 4.78 is 27.6. The summed E-state index contributed by atoms with van der Waals surface area (Å²) in [6.07, 6.45) is 0. The number of rotatable bonds is 2. The smallest absolute Gasteiger partial charge is 0.237 e. The van der Waals surface area contributed by atoms with Crippen LogP contribution in [0.15, 0.2) is 17.0 Å². The third kappa shape index (κ3) is 2.27. The van der Waals surface area contributed by atoms with E-state index in [1.165, 1.54) is 0 Å². The van der Waals surface area contributed by atoms with Gasteiger partial charge in [-0.2, -0.15) is 0 Å². The summed E-state index contributed by atoms with van der Waals surface area (Å²) in [7, 11) is -1.76. The third-order valence-corrected chi connectivity index (χ3v) is 3.97. The zero-order chi connectivity index (χ0) is 10.9. The second-order valence-electron chi connectivity index (χ2n) is 3.03. The molecule has 1 aromatic rings. The highest BCUT2D eigenvalue weighted by atomic mass is 79.9. The molecule has 0 aromatic heterocycles.